The summed E-state index contributed by atoms with van der Waals surface area (Å²) in [5.41, 5.74) is 2.23. The summed E-state index contributed by atoms with van der Waals surface area (Å²) in [7, 11) is 0. The predicted octanol–water partition coefficient (Wildman–Crippen LogP) is -1.09. The van der Waals surface area contributed by atoms with Crippen LogP contribution in [0.15, 0.2) is 38.2 Å². The molecule has 1 aliphatic rings. The van der Waals surface area contributed by atoms with Gasteiger partial charge in [-0.15, -0.1) is 11.3 Å². The van der Waals surface area contributed by atoms with Crippen molar-refractivity contribution < 1.29 is 48.7 Å². The average Bonchev–Trinajstić information content (AvgIpc) is 3.56. The Morgan fingerprint density at radius 1 is 1.32 bits per heavy atom. The van der Waals surface area contributed by atoms with Gasteiger partial charge in [-0.05, 0) is 13.8 Å². The fraction of sp³-hybridized carbons (Fsp3) is 0.273. The molecule has 1 aliphatic heterocycles. The number of anilines is 1. The van der Waals surface area contributed by atoms with Gasteiger partial charge in [-0.3, -0.25) is 14.4 Å². The molecular formula is C22H21N7O11S. The Morgan fingerprint density at radius 3 is 2.68 bits per heavy atom. The number of thiazole rings is 1. The Kier molecular flexibility index (Phi) is 7.63. The van der Waals surface area contributed by atoms with Crippen LogP contribution in [-0.2, 0) is 24.0 Å². The normalized spacial score (nSPS) is 16.8. The molecule has 3 aromatic rings. The summed E-state index contributed by atoms with van der Waals surface area (Å²) in [6, 6.07) is -0.129. The van der Waals surface area contributed by atoms with Gasteiger partial charge in [0, 0.05) is 17.5 Å². The first kappa shape index (κ1) is 28.5. The van der Waals surface area contributed by atoms with E-state index >= 15 is 0 Å². The summed E-state index contributed by atoms with van der Waals surface area (Å²) in [5, 5.41) is 42.0. The number of nitrogens with zero attached hydrogens (tertiary/aromatic N) is 4. The zero-order chi connectivity index (χ0) is 30.1. The first-order valence-electron chi connectivity index (χ1n) is 11.4. The molecule has 0 aliphatic carbocycles. The number of nitrogens with one attached hydrogen (secondary N) is 2. The molecule has 7 N–H and O–H groups in total. The van der Waals surface area contributed by atoms with E-state index in [0.717, 1.165) is 29.7 Å². The molecule has 0 bridgehead atoms. The largest absolute Gasteiger partial charge is 0.503 e. The SMILES string of the molecule is CC(C)(ON=C(C(=O)NC1C(=O)NC1COC(=O)c1cc(-c2cc(=O)c(O)cn2O)no1)c1csc(N)n1)C(=O)O. The topological polar surface area (TPSA) is 271 Å². The van der Waals surface area contributed by atoms with Gasteiger partial charge in [-0.1, -0.05) is 10.3 Å². The number of aromatic hydroxyl groups is 1. The summed E-state index contributed by atoms with van der Waals surface area (Å²) in [6.07, 6.45) is 0.733. The van der Waals surface area contributed by atoms with Crippen LogP contribution in [0.25, 0.3) is 11.4 Å². The highest BCUT2D eigenvalue weighted by Crippen LogP contribution is 2.20. The zero-order valence-corrected chi connectivity index (χ0v) is 21.9. The van der Waals surface area contributed by atoms with E-state index in [2.05, 4.69) is 25.9 Å². The van der Waals surface area contributed by atoms with E-state index in [-0.39, 0.29) is 22.2 Å². The van der Waals surface area contributed by atoms with E-state index in [9.17, 15) is 39.4 Å². The number of rotatable bonds is 10. The molecule has 0 spiro atoms. The number of nitrogen functional groups attached to an aromatic ring is 1. The molecule has 0 aromatic carbocycles. The van der Waals surface area contributed by atoms with Crippen molar-refractivity contribution in [1.29, 1.82) is 0 Å². The lowest BCUT2D eigenvalue weighted by Gasteiger charge is -2.36. The van der Waals surface area contributed by atoms with E-state index < -0.39 is 70.7 Å². The number of aromatic nitrogens is 3. The van der Waals surface area contributed by atoms with Gasteiger partial charge in [0.25, 0.3) is 5.91 Å². The molecule has 0 radical (unpaired) electrons. The zero-order valence-electron chi connectivity index (χ0n) is 21.1. The number of carboxylic acid groups (broad SMARTS) is 1. The van der Waals surface area contributed by atoms with E-state index in [1.165, 1.54) is 19.2 Å². The van der Waals surface area contributed by atoms with Crippen molar-refractivity contribution in [3.8, 4) is 17.1 Å². The van der Waals surface area contributed by atoms with E-state index in [0.29, 0.717) is 4.73 Å². The first-order chi connectivity index (χ1) is 19.3. The van der Waals surface area contributed by atoms with Gasteiger partial charge in [0.15, 0.2) is 16.6 Å². The summed E-state index contributed by atoms with van der Waals surface area (Å²) >= 11 is 0.982. The van der Waals surface area contributed by atoms with Crippen LogP contribution < -0.4 is 21.8 Å². The fourth-order valence-corrected chi connectivity index (χ4v) is 3.74. The summed E-state index contributed by atoms with van der Waals surface area (Å²) in [5.74, 6) is -5.07. The van der Waals surface area contributed by atoms with Gasteiger partial charge < -0.3 is 45.9 Å². The third-order valence-electron chi connectivity index (χ3n) is 5.54. The van der Waals surface area contributed by atoms with Crippen LogP contribution in [0.2, 0.25) is 0 Å². The van der Waals surface area contributed by atoms with Gasteiger partial charge in [0.1, 0.15) is 29.7 Å². The lowest BCUT2D eigenvalue weighted by Crippen LogP contribution is -2.71. The molecule has 41 heavy (non-hydrogen) atoms. The number of nitrogens with two attached hydrogens (primary N) is 1. The number of pyridine rings is 1. The number of carbonyl (C=O) groups excluding carboxylic acids is 3. The Hall–Kier alpha value is -5.46. The van der Waals surface area contributed by atoms with Gasteiger partial charge in [-0.2, -0.15) is 4.73 Å². The van der Waals surface area contributed by atoms with Gasteiger partial charge in [0.05, 0.1) is 12.2 Å². The van der Waals surface area contributed by atoms with Crippen LogP contribution >= 0.6 is 11.3 Å². The number of β-lactam (4-membered cyclic amide) rings is 1. The monoisotopic (exact) mass is 591 g/mol. The van der Waals surface area contributed by atoms with Gasteiger partial charge in [-0.25, -0.2) is 14.6 Å². The van der Waals surface area contributed by atoms with Crippen LogP contribution in [0.3, 0.4) is 0 Å². The summed E-state index contributed by atoms with van der Waals surface area (Å²) in [4.78, 5) is 69.6. The number of hydrogen-bond donors (Lipinski definition) is 6. The Labute approximate surface area is 231 Å². The fourth-order valence-electron chi connectivity index (χ4n) is 3.19. The second-order valence-electron chi connectivity index (χ2n) is 8.91. The van der Waals surface area contributed by atoms with E-state index in [4.69, 9.17) is 19.8 Å². The number of carbonyl (C=O) groups is 4. The molecule has 216 valence electrons. The number of amides is 2. The molecule has 0 saturated carbocycles. The number of aliphatic carboxylic acids is 1. The van der Waals surface area contributed by atoms with Crippen molar-refractivity contribution in [2.75, 3.05) is 12.3 Å². The molecule has 2 atom stereocenters. The summed E-state index contributed by atoms with van der Waals surface area (Å²) < 4.78 is 10.4. The molecule has 1 saturated heterocycles. The standard InChI is InChI=1S/C22H21N7O11S/c1-22(2,20(35)36)40-28-16(10-7-41-21(23)25-10)18(33)26-15-9(24-17(15)32)6-38-19(34)14-3-8(27-39-14)11-4-12(30)13(31)5-29(11)37/h3-5,7,9,15,31,37H,6H2,1-2H3,(H2,23,25)(H,24,32)(H,26,33)(H,35,36). The molecule has 19 heteroatoms. The molecule has 18 nitrogen and oxygen atoms in total. The van der Waals surface area contributed by atoms with Crippen LogP contribution in [-0.4, -0.2) is 84.0 Å². The number of carboxylic acids is 1. The molecule has 2 amide bonds. The smallest absolute Gasteiger partial charge is 0.377 e. The molecule has 4 heterocycles. The molecule has 1 fully saturated rings. The molecule has 2 unspecified atom stereocenters. The van der Waals surface area contributed by atoms with Gasteiger partial charge >= 0.3 is 11.9 Å². The molecule has 3 aromatic heterocycles. The third kappa shape index (κ3) is 6.08. The molecular weight excluding hydrogens is 570 g/mol. The highest BCUT2D eigenvalue weighted by Gasteiger charge is 2.42. The Balaban J connectivity index is 1.41. The predicted molar refractivity (Wildman–Crippen MR) is 135 cm³/mol. The first-order valence-corrected chi connectivity index (χ1v) is 12.3. The number of oxime groups is 1. The number of esters is 1. The highest BCUT2D eigenvalue weighted by molar-refractivity contribution is 7.13. The maximum Gasteiger partial charge on any atom is 0.377 e. The van der Waals surface area contributed by atoms with Crippen molar-refractivity contribution in [2.24, 2.45) is 5.16 Å². The lowest BCUT2D eigenvalue weighted by molar-refractivity contribution is -0.161. The minimum atomic E-state index is -1.80. The second kappa shape index (κ2) is 11.0. The minimum Gasteiger partial charge on any atom is -0.503 e. The molecule has 4 rings (SSSR count). The average molecular weight is 592 g/mol. The number of ether oxygens (including phenoxy) is 1. The van der Waals surface area contributed by atoms with Crippen LogP contribution in [0.1, 0.15) is 30.1 Å². The van der Waals surface area contributed by atoms with Crippen molar-refractivity contribution in [3.05, 3.63) is 45.4 Å². The van der Waals surface area contributed by atoms with Crippen LogP contribution in [0.5, 0.6) is 5.75 Å². The second-order valence-corrected chi connectivity index (χ2v) is 9.80. The quantitative estimate of drug-likeness (QED) is 0.0537. The maximum absolute atomic E-state index is 13.0. The lowest BCUT2D eigenvalue weighted by atomic mass is 9.99. The third-order valence-corrected chi connectivity index (χ3v) is 6.21. The van der Waals surface area contributed by atoms with Crippen molar-refractivity contribution in [3.63, 3.8) is 0 Å². The number of hydrogen-bond acceptors (Lipinski definition) is 15. The van der Waals surface area contributed by atoms with Crippen molar-refractivity contribution >= 4 is 45.9 Å². The Bertz CT molecular complexity index is 1620. The Morgan fingerprint density at radius 2 is 2.05 bits per heavy atom. The summed E-state index contributed by atoms with van der Waals surface area (Å²) in [6.45, 7) is 1.99. The van der Waals surface area contributed by atoms with Crippen LogP contribution in [0, 0.1) is 0 Å². The van der Waals surface area contributed by atoms with Crippen LogP contribution in [0.4, 0.5) is 5.13 Å². The van der Waals surface area contributed by atoms with Gasteiger partial charge in [0.2, 0.25) is 22.7 Å². The maximum atomic E-state index is 13.0. The van der Waals surface area contributed by atoms with Crippen molar-refractivity contribution in [2.45, 2.75) is 31.5 Å². The van der Waals surface area contributed by atoms with Crippen molar-refractivity contribution in [1.82, 2.24) is 25.5 Å². The van der Waals surface area contributed by atoms with E-state index in [1.807, 2.05) is 0 Å². The minimum absolute atomic E-state index is 0.0306. The van der Waals surface area contributed by atoms with E-state index in [1.54, 1.807) is 0 Å². The highest BCUT2D eigenvalue weighted by atomic mass is 32.1.